The van der Waals surface area contributed by atoms with Gasteiger partial charge in [0.05, 0.1) is 6.04 Å². The van der Waals surface area contributed by atoms with Gasteiger partial charge in [-0.3, -0.25) is 9.59 Å². The Balaban J connectivity index is 2.03. The fourth-order valence-corrected chi connectivity index (χ4v) is 4.22. The first-order valence-electron chi connectivity index (χ1n) is 11.7. The Labute approximate surface area is 196 Å². The topological polar surface area (TPSA) is 58.6 Å². The summed E-state index contributed by atoms with van der Waals surface area (Å²) >= 11 is 0. The number of benzene rings is 2. The maximum Gasteiger partial charge on any atom is 0.261 e. The molecule has 0 bridgehead atoms. The van der Waals surface area contributed by atoms with Crippen LogP contribution in [0.4, 0.5) is 4.39 Å². The third-order valence-corrected chi connectivity index (χ3v) is 5.79. The molecule has 0 fully saturated rings. The third-order valence-electron chi connectivity index (χ3n) is 5.79. The molecule has 2 amide bonds. The molecule has 3 rings (SSSR count). The fraction of sp³-hybridized carbons (Fsp3) is 0.481. The van der Waals surface area contributed by atoms with E-state index in [4.69, 9.17) is 4.74 Å². The number of ether oxygens (including phenoxy) is 1. The van der Waals surface area contributed by atoms with Gasteiger partial charge in [0.15, 0.2) is 6.10 Å². The van der Waals surface area contributed by atoms with Crippen molar-refractivity contribution in [1.82, 2.24) is 10.2 Å². The normalized spacial score (nSPS) is 16.8. The molecule has 1 heterocycles. The van der Waals surface area contributed by atoms with Gasteiger partial charge in [0.2, 0.25) is 5.91 Å². The Morgan fingerprint density at radius 3 is 2.52 bits per heavy atom. The lowest BCUT2D eigenvalue weighted by molar-refractivity contribution is -0.141. The molecule has 2 aromatic rings. The minimum Gasteiger partial charge on any atom is -0.481 e. The number of amides is 2. The second-order valence-electron chi connectivity index (χ2n) is 9.99. The van der Waals surface area contributed by atoms with Crippen molar-refractivity contribution in [3.8, 4) is 5.75 Å². The predicted octanol–water partition coefficient (Wildman–Crippen LogP) is 5.03. The minimum atomic E-state index is -0.617. The number of nitrogens with zero attached hydrogens (tertiary/aromatic N) is 1. The molecule has 33 heavy (non-hydrogen) atoms. The van der Waals surface area contributed by atoms with E-state index in [1.165, 1.54) is 12.1 Å². The van der Waals surface area contributed by atoms with Crippen molar-refractivity contribution in [1.29, 1.82) is 0 Å². The van der Waals surface area contributed by atoms with Crippen LogP contribution in [0.15, 0.2) is 42.5 Å². The molecule has 0 saturated carbocycles. The van der Waals surface area contributed by atoms with Crippen molar-refractivity contribution < 1.29 is 18.7 Å². The summed E-state index contributed by atoms with van der Waals surface area (Å²) < 4.78 is 20.3. The lowest BCUT2D eigenvalue weighted by Crippen LogP contribution is -2.45. The van der Waals surface area contributed by atoms with E-state index in [0.29, 0.717) is 25.1 Å². The van der Waals surface area contributed by atoms with Gasteiger partial charge in [-0.2, -0.15) is 0 Å². The van der Waals surface area contributed by atoms with E-state index in [1.54, 1.807) is 6.07 Å². The summed E-state index contributed by atoms with van der Waals surface area (Å²) in [6, 6.07) is 11.8. The van der Waals surface area contributed by atoms with Gasteiger partial charge in [0, 0.05) is 18.0 Å². The van der Waals surface area contributed by atoms with Crippen LogP contribution in [0.1, 0.15) is 70.7 Å². The molecule has 1 aliphatic heterocycles. The number of rotatable bonds is 6. The van der Waals surface area contributed by atoms with Crippen LogP contribution in [0.3, 0.4) is 0 Å². The van der Waals surface area contributed by atoms with E-state index in [-0.39, 0.29) is 23.7 Å². The molecular weight excluding hydrogens is 419 g/mol. The quantitative estimate of drug-likeness (QED) is 0.666. The summed E-state index contributed by atoms with van der Waals surface area (Å²) in [4.78, 5) is 27.7. The van der Waals surface area contributed by atoms with Crippen LogP contribution in [0, 0.1) is 11.2 Å². The molecule has 0 aliphatic carbocycles. The number of nitrogens with one attached hydrogen (secondary N) is 1. The maximum atomic E-state index is 14.2. The third kappa shape index (κ3) is 5.73. The van der Waals surface area contributed by atoms with Gasteiger partial charge in [0.25, 0.3) is 5.91 Å². The van der Waals surface area contributed by atoms with Crippen molar-refractivity contribution in [2.75, 3.05) is 6.54 Å². The number of carbonyl (C=O) groups excluding carboxylic acids is 2. The first kappa shape index (κ1) is 24.7. The zero-order chi connectivity index (χ0) is 24.3. The molecule has 0 spiro atoms. The highest BCUT2D eigenvalue weighted by molar-refractivity contribution is 5.83. The van der Waals surface area contributed by atoms with Gasteiger partial charge >= 0.3 is 0 Å². The molecule has 2 aromatic carbocycles. The number of halogens is 1. The first-order chi connectivity index (χ1) is 15.5. The van der Waals surface area contributed by atoms with Crippen LogP contribution < -0.4 is 10.1 Å². The molecule has 1 N–H and O–H groups in total. The van der Waals surface area contributed by atoms with E-state index in [0.717, 1.165) is 16.7 Å². The summed E-state index contributed by atoms with van der Waals surface area (Å²) in [6.45, 7) is 12.0. The van der Waals surface area contributed by atoms with Crippen molar-refractivity contribution in [2.45, 2.75) is 72.6 Å². The standard InChI is InChI=1S/C27H35FN2O3/c1-7-23(25(31)29-17(2)3)33-21-12-11-18-13-14-30(26(32)27(4,5)6)24(22(18)16-21)19-9-8-10-20(28)15-19/h8-12,15-17,23-24H,7,13-14H2,1-6H3,(H,29,31)/t23-,24+/m0/s1. The molecule has 2 atom stereocenters. The van der Waals surface area contributed by atoms with Gasteiger partial charge < -0.3 is 15.0 Å². The minimum absolute atomic E-state index is 0.0106. The average molecular weight is 455 g/mol. The summed E-state index contributed by atoms with van der Waals surface area (Å²) in [5, 5.41) is 2.90. The van der Waals surface area contributed by atoms with Crippen LogP contribution in [-0.4, -0.2) is 35.4 Å². The number of hydrogen-bond acceptors (Lipinski definition) is 3. The lowest BCUT2D eigenvalue weighted by atomic mass is 9.85. The Morgan fingerprint density at radius 1 is 1.18 bits per heavy atom. The van der Waals surface area contributed by atoms with E-state index in [9.17, 15) is 14.0 Å². The van der Waals surface area contributed by atoms with Crippen molar-refractivity contribution in [3.05, 3.63) is 65.0 Å². The molecular formula is C27H35FN2O3. The largest absolute Gasteiger partial charge is 0.481 e. The van der Waals surface area contributed by atoms with Crippen molar-refractivity contribution in [3.63, 3.8) is 0 Å². The van der Waals surface area contributed by atoms with Gasteiger partial charge in [-0.25, -0.2) is 4.39 Å². The summed E-state index contributed by atoms with van der Waals surface area (Å²) in [7, 11) is 0. The second-order valence-corrected chi connectivity index (χ2v) is 9.99. The lowest BCUT2D eigenvalue weighted by Gasteiger charge is -2.41. The zero-order valence-electron chi connectivity index (χ0n) is 20.4. The average Bonchev–Trinajstić information content (AvgIpc) is 2.74. The second kappa shape index (κ2) is 9.94. The molecule has 0 saturated heterocycles. The van der Waals surface area contributed by atoms with E-state index >= 15 is 0 Å². The maximum absolute atomic E-state index is 14.2. The van der Waals surface area contributed by atoms with Gasteiger partial charge in [0.1, 0.15) is 11.6 Å². The van der Waals surface area contributed by atoms with Gasteiger partial charge in [-0.05, 0) is 67.6 Å². The van der Waals surface area contributed by atoms with E-state index < -0.39 is 17.6 Å². The summed E-state index contributed by atoms with van der Waals surface area (Å²) in [5.41, 5.74) is 2.14. The predicted molar refractivity (Wildman–Crippen MR) is 128 cm³/mol. The van der Waals surface area contributed by atoms with Crippen molar-refractivity contribution >= 4 is 11.8 Å². The van der Waals surface area contributed by atoms with Crippen LogP contribution in [0.5, 0.6) is 5.75 Å². The molecule has 0 aromatic heterocycles. The van der Waals surface area contributed by atoms with Crippen LogP contribution in [-0.2, 0) is 16.0 Å². The number of carbonyl (C=O) groups is 2. The first-order valence-corrected chi connectivity index (χ1v) is 11.7. The molecule has 0 radical (unpaired) electrons. The fourth-order valence-electron chi connectivity index (χ4n) is 4.22. The van der Waals surface area contributed by atoms with Crippen LogP contribution >= 0.6 is 0 Å². The summed E-state index contributed by atoms with van der Waals surface area (Å²) in [5.74, 6) is 0.0745. The van der Waals surface area contributed by atoms with E-state index in [1.807, 2.05) is 70.7 Å². The van der Waals surface area contributed by atoms with Crippen LogP contribution in [0.25, 0.3) is 0 Å². The highest BCUT2D eigenvalue weighted by Crippen LogP contribution is 2.39. The smallest absolute Gasteiger partial charge is 0.261 e. The summed E-state index contributed by atoms with van der Waals surface area (Å²) in [6.07, 6.45) is 0.611. The Bertz CT molecular complexity index is 1010. The monoisotopic (exact) mass is 454 g/mol. The Morgan fingerprint density at radius 2 is 1.91 bits per heavy atom. The molecule has 0 unspecified atom stereocenters. The zero-order valence-corrected chi connectivity index (χ0v) is 20.4. The number of hydrogen-bond donors (Lipinski definition) is 1. The molecule has 5 nitrogen and oxygen atoms in total. The van der Waals surface area contributed by atoms with Gasteiger partial charge in [-0.1, -0.05) is 45.9 Å². The highest BCUT2D eigenvalue weighted by atomic mass is 19.1. The van der Waals surface area contributed by atoms with E-state index in [2.05, 4.69) is 5.32 Å². The van der Waals surface area contributed by atoms with Gasteiger partial charge in [-0.15, -0.1) is 0 Å². The highest BCUT2D eigenvalue weighted by Gasteiger charge is 2.37. The van der Waals surface area contributed by atoms with Crippen molar-refractivity contribution in [2.24, 2.45) is 5.41 Å². The Kier molecular flexibility index (Phi) is 7.45. The Hall–Kier alpha value is -2.89. The molecule has 1 aliphatic rings. The molecule has 178 valence electrons. The number of fused-ring (bicyclic) bond motifs is 1. The molecule has 6 heteroatoms. The van der Waals surface area contributed by atoms with Crippen LogP contribution in [0.2, 0.25) is 0 Å². The SMILES string of the molecule is CC[C@H](Oc1ccc2c(c1)[C@@H](c1cccc(F)c1)N(C(=O)C(C)(C)C)CC2)C(=O)NC(C)C.